The SMILES string of the molecule is CCOC(=O)c1sc2nc(SCc3ccccc3)nc(-c3cccc(OC)c3)c2c1N. The molecule has 0 spiro atoms. The second kappa shape index (κ2) is 9.36. The van der Waals surface area contributed by atoms with Crippen molar-refractivity contribution in [3.05, 3.63) is 65.0 Å². The highest BCUT2D eigenvalue weighted by atomic mass is 32.2. The van der Waals surface area contributed by atoms with Gasteiger partial charge in [-0.15, -0.1) is 11.3 Å². The first kappa shape index (κ1) is 21.1. The summed E-state index contributed by atoms with van der Waals surface area (Å²) in [7, 11) is 1.62. The van der Waals surface area contributed by atoms with E-state index in [0.29, 0.717) is 37.4 Å². The van der Waals surface area contributed by atoms with E-state index in [1.54, 1.807) is 14.0 Å². The van der Waals surface area contributed by atoms with Gasteiger partial charge in [-0.3, -0.25) is 0 Å². The number of fused-ring (bicyclic) bond motifs is 1. The van der Waals surface area contributed by atoms with Crippen LogP contribution >= 0.6 is 23.1 Å². The molecule has 8 heteroatoms. The van der Waals surface area contributed by atoms with Crippen LogP contribution in [0.5, 0.6) is 5.75 Å². The summed E-state index contributed by atoms with van der Waals surface area (Å²) < 4.78 is 10.6. The molecule has 158 valence electrons. The van der Waals surface area contributed by atoms with Crippen molar-refractivity contribution in [3.8, 4) is 17.0 Å². The number of nitrogens with two attached hydrogens (primary N) is 1. The summed E-state index contributed by atoms with van der Waals surface area (Å²) in [6.07, 6.45) is 0. The van der Waals surface area contributed by atoms with Crippen LogP contribution in [0.4, 0.5) is 5.69 Å². The van der Waals surface area contributed by atoms with E-state index in [9.17, 15) is 4.79 Å². The van der Waals surface area contributed by atoms with E-state index in [2.05, 4.69) is 12.1 Å². The zero-order valence-corrected chi connectivity index (χ0v) is 18.8. The zero-order chi connectivity index (χ0) is 21.8. The lowest BCUT2D eigenvalue weighted by atomic mass is 10.1. The van der Waals surface area contributed by atoms with Gasteiger partial charge in [-0.2, -0.15) is 0 Å². The minimum Gasteiger partial charge on any atom is -0.497 e. The fourth-order valence-electron chi connectivity index (χ4n) is 3.12. The number of aromatic nitrogens is 2. The molecule has 2 heterocycles. The molecule has 6 nitrogen and oxygen atoms in total. The molecule has 2 aromatic carbocycles. The highest BCUT2D eigenvalue weighted by molar-refractivity contribution is 7.98. The van der Waals surface area contributed by atoms with E-state index in [1.807, 2.05) is 42.5 Å². The first-order valence-corrected chi connectivity index (χ1v) is 11.5. The molecule has 4 aromatic rings. The summed E-state index contributed by atoms with van der Waals surface area (Å²) in [6.45, 7) is 2.04. The van der Waals surface area contributed by atoms with Gasteiger partial charge in [0.05, 0.1) is 30.5 Å². The second-order valence-electron chi connectivity index (χ2n) is 6.61. The molecule has 0 aliphatic heterocycles. The van der Waals surface area contributed by atoms with Crippen LogP contribution in [-0.2, 0) is 10.5 Å². The number of nitrogen functional groups attached to an aromatic ring is 1. The van der Waals surface area contributed by atoms with Crippen LogP contribution in [0.2, 0.25) is 0 Å². The number of benzene rings is 2. The van der Waals surface area contributed by atoms with Crippen molar-refractivity contribution < 1.29 is 14.3 Å². The molecule has 4 rings (SSSR count). The largest absolute Gasteiger partial charge is 0.497 e. The van der Waals surface area contributed by atoms with Crippen molar-refractivity contribution in [1.82, 2.24) is 9.97 Å². The van der Waals surface area contributed by atoms with Crippen molar-refractivity contribution in [2.24, 2.45) is 0 Å². The first-order chi connectivity index (χ1) is 15.1. The molecule has 0 saturated carbocycles. The lowest BCUT2D eigenvalue weighted by molar-refractivity contribution is 0.0533. The molecule has 2 aromatic heterocycles. The van der Waals surface area contributed by atoms with Gasteiger partial charge >= 0.3 is 5.97 Å². The quantitative estimate of drug-likeness (QED) is 0.228. The Labute approximate surface area is 188 Å². The third-order valence-corrected chi connectivity index (χ3v) is 6.58. The number of thioether (sulfide) groups is 1. The Morgan fingerprint density at radius 2 is 1.94 bits per heavy atom. The standard InChI is InChI=1S/C23H21N3O3S2/c1-3-29-22(27)20-18(24)17-19(15-10-7-11-16(12-15)28-2)25-23(26-21(17)31-20)30-13-14-8-5-4-6-9-14/h4-12H,3,13,24H2,1-2H3. The maximum absolute atomic E-state index is 12.4. The maximum atomic E-state index is 12.4. The van der Waals surface area contributed by atoms with Crippen LogP contribution in [0.15, 0.2) is 59.8 Å². The number of carbonyl (C=O) groups is 1. The van der Waals surface area contributed by atoms with Gasteiger partial charge in [-0.1, -0.05) is 54.2 Å². The number of hydrogen-bond donors (Lipinski definition) is 1. The fraction of sp³-hybridized carbons (Fsp3) is 0.174. The number of thiophene rings is 1. The number of rotatable bonds is 7. The van der Waals surface area contributed by atoms with Crippen LogP contribution in [0.1, 0.15) is 22.2 Å². The lowest BCUT2D eigenvalue weighted by Gasteiger charge is -2.09. The summed E-state index contributed by atoms with van der Waals surface area (Å²) in [6, 6.07) is 17.7. The smallest absolute Gasteiger partial charge is 0.350 e. The van der Waals surface area contributed by atoms with Crippen molar-refractivity contribution in [2.75, 3.05) is 19.5 Å². The predicted octanol–water partition coefficient (Wildman–Crippen LogP) is 5.42. The van der Waals surface area contributed by atoms with Gasteiger partial charge in [0.2, 0.25) is 0 Å². The van der Waals surface area contributed by atoms with E-state index in [0.717, 1.165) is 11.3 Å². The average molecular weight is 452 g/mol. The van der Waals surface area contributed by atoms with Crippen LogP contribution in [0.3, 0.4) is 0 Å². The molecule has 31 heavy (non-hydrogen) atoms. The van der Waals surface area contributed by atoms with Crippen LogP contribution in [0.25, 0.3) is 21.5 Å². The molecule has 0 aliphatic rings. The summed E-state index contributed by atoms with van der Waals surface area (Å²) in [5.74, 6) is 0.996. The van der Waals surface area contributed by atoms with Gasteiger partial charge in [0.25, 0.3) is 0 Å². The van der Waals surface area contributed by atoms with E-state index >= 15 is 0 Å². The third kappa shape index (κ3) is 4.50. The van der Waals surface area contributed by atoms with E-state index in [-0.39, 0.29) is 6.61 Å². The number of esters is 1. The number of carbonyl (C=O) groups excluding carboxylic acids is 1. The molecule has 0 amide bonds. The van der Waals surface area contributed by atoms with Gasteiger partial charge in [0.15, 0.2) is 5.16 Å². The van der Waals surface area contributed by atoms with Crippen molar-refractivity contribution in [2.45, 2.75) is 17.8 Å². The van der Waals surface area contributed by atoms with Crippen LogP contribution in [0, 0.1) is 0 Å². The summed E-state index contributed by atoms with van der Waals surface area (Å²) >= 11 is 2.77. The van der Waals surface area contributed by atoms with Crippen LogP contribution < -0.4 is 10.5 Å². The lowest BCUT2D eigenvalue weighted by Crippen LogP contribution is -2.05. The number of methoxy groups -OCH3 is 1. The minimum atomic E-state index is -0.446. The second-order valence-corrected chi connectivity index (χ2v) is 8.55. The first-order valence-electron chi connectivity index (χ1n) is 9.69. The highest BCUT2D eigenvalue weighted by Gasteiger charge is 2.23. The Balaban J connectivity index is 1.83. The molecular weight excluding hydrogens is 430 g/mol. The Hall–Kier alpha value is -3.10. The van der Waals surface area contributed by atoms with E-state index < -0.39 is 5.97 Å². The van der Waals surface area contributed by atoms with Crippen molar-refractivity contribution >= 4 is 45.0 Å². The Morgan fingerprint density at radius 1 is 1.13 bits per heavy atom. The third-order valence-electron chi connectivity index (χ3n) is 4.58. The summed E-state index contributed by atoms with van der Waals surface area (Å²) in [5.41, 5.74) is 9.42. The number of ether oxygens (including phenoxy) is 2. The van der Waals surface area contributed by atoms with Gasteiger partial charge in [0, 0.05) is 11.3 Å². The zero-order valence-electron chi connectivity index (χ0n) is 17.1. The predicted molar refractivity (Wildman–Crippen MR) is 126 cm³/mol. The van der Waals surface area contributed by atoms with Crippen molar-refractivity contribution in [1.29, 1.82) is 0 Å². The molecular formula is C23H21N3O3S2. The molecule has 0 bridgehead atoms. The highest BCUT2D eigenvalue weighted by Crippen LogP contribution is 2.40. The number of anilines is 1. The molecule has 0 fully saturated rings. The van der Waals surface area contributed by atoms with E-state index in [4.69, 9.17) is 25.2 Å². The minimum absolute atomic E-state index is 0.277. The summed E-state index contributed by atoms with van der Waals surface area (Å²) in [5, 5.41) is 1.27. The van der Waals surface area contributed by atoms with Gasteiger partial charge in [0.1, 0.15) is 15.5 Å². The molecule has 0 unspecified atom stereocenters. The monoisotopic (exact) mass is 451 g/mol. The Kier molecular flexibility index (Phi) is 6.39. The molecule has 0 atom stereocenters. The normalized spacial score (nSPS) is 10.9. The molecule has 0 saturated heterocycles. The molecule has 0 radical (unpaired) electrons. The van der Waals surface area contributed by atoms with Gasteiger partial charge in [-0.25, -0.2) is 14.8 Å². The maximum Gasteiger partial charge on any atom is 0.350 e. The van der Waals surface area contributed by atoms with Gasteiger partial charge in [-0.05, 0) is 24.6 Å². The average Bonchev–Trinajstić information content (AvgIpc) is 3.14. The Bertz CT molecular complexity index is 1230. The molecule has 2 N–H and O–H groups in total. The van der Waals surface area contributed by atoms with Crippen LogP contribution in [-0.4, -0.2) is 29.7 Å². The Morgan fingerprint density at radius 3 is 2.68 bits per heavy atom. The molecule has 0 aliphatic carbocycles. The summed E-state index contributed by atoms with van der Waals surface area (Å²) in [4.78, 5) is 22.9. The van der Waals surface area contributed by atoms with Crippen molar-refractivity contribution in [3.63, 3.8) is 0 Å². The number of nitrogens with zero attached hydrogens (tertiary/aromatic N) is 2. The number of hydrogen-bond acceptors (Lipinski definition) is 8. The topological polar surface area (TPSA) is 87.3 Å². The van der Waals surface area contributed by atoms with Gasteiger partial charge < -0.3 is 15.2 Å². The fourth-order valence-corrected chi connectivity index (χ4v) is 4.96. The van der Waals surface area contributed by atoms with E-state index in [1.165, 1.54) is 28.7 Å².